The third-order valence-electron chi connectivity index (χ3n) is 3.99. The highest BCUT2D eigenvalue weighted by Gasteiger charge is 2.30. The molecule has 108 valence electrons. The van der Waals surface area contributed by atoms with Gasteiger partial charge in [0.2, 0.25) is 0 Å². The third-order valence-corrected chi connectivity index (χ3v) is 3.99. The van der Waals surface area contributed by atoms with Gasteiger partial charge in [-0.1, -0.05) is 30.3 Å². The Morgan fingerprint density at radius 2 is 0.955 bits per heavy atom. The van der Waals surface area contributed by atoms with Crippen LogP contribution in [0.3, 0.4) is 0 Å². The van der Waals surface area contributed by atoms with E-state index in [0.717, 1.165) is 33.0 Å². The van der Waals surface area contributed by atoms with E-state index in [1.807, 2.05) is 42.5 Å². The fourth-order valence-electron chi connectivity index (χ4n) is 2.87. The number of fused-ring (bicyclic) bond motifs is 3. The van der Waals surface area contributed by atoms with Crippen LogP contribution in [0.4, 0.5) is 13.2 Å². The average molecular weight is 296 g/mol. The molecule has 4 rings (SSSR count). The molecule has 0 aliphatic heterocycles. The summed E-state index contributed by atoms with van der Waals surface area (Å²) in [6.45, 7) is 0. The Balaban J connectivity index is 2.03. The van der Waals surface area contributed by atoms with Gasteiger partial charge in [-0.15, -0.1) is 0 Å². The van der Waals surface area contributed by atoms with Crippen molar-refractivity contribution in [2.45, 2.75) is 6.18 Å². The van der Waals surface area contributed by atoms with Crippen molar-refractivity contribution in [1.29, 1.82) is 0 Å². The first-order valence-corrected chi connectivity index (χ1v) is 6.94. The van der Waals surface area contributed by atoms with E-state index >= 15 is 0 Å². The largest absolute Gasteiger partial charge is 0.416 e. The molecule has 0 radical (unpaired) electrons. The molecule has 4 aromatic rings. The molecule has 0 heterocycles. The molecular formula is C19H11F3. The van der Waals surface area contributed by atoms with Gasteiger partial charge in [0, 0.05) is 0 Å². The van der Waals surface area contributed by atoms with Gasteiger partial charge in [-0.05, 0) is 68.7 Å². The molecule has 0 amide bonds. The molecule has 0 aromatic heterocycles. The molecule has 0 saturated carbocycles. The molecule has 0 aliphatic carbocycles. The topological polar surface area (TPSA) is 0 Å². The van der Waals surface area contributed by atoms with Gasteiger partial charge in [-0.2, -0.15) is 13.2 Å². The number of halogens is 3. The number of benzene rings is 4. The van der Waals surface area contributed by atoms with E-state index in [-0.39, 0.29) is 0 Å². The molecule has 0 spiro atoms. The fraction of sp³-hybridized carbons (Fsp3) is 0.0526. The lowest BCUT2D eigenvalue weighted by atomic mass is 9.98. The highest BCUT2D eigenvalue weighted by Crippen LogP contribution is 2.33. The van der Waals surface area contributed by atoms with Crippen molar-refractivity contribution in [3.8, 4) is 0 Å². The minimum atomic E-state index is -4.31. The van der Waals surface area contributed by atoms with Crippen LogP contribution in [0.25, 0.3) is 32.3 Å². The van der Waals surface area contributed by atoms with E-state index in [1.165, 1.54) is 12.1 Å². The number of hydrogen-bond donors (Lipinski definition) is 0. The first-order valence-electron chi connectivity index (χ1n) is 6.94. The Kier molecular flexibility index (Phi) is 2.67. The van der Waals surface area contributed by atoms with Gasteiger partial charge in [0.05, 0.1) is 5.56 Å². The zero-order chi connectivity index (χ0) is 15.3. The predicted molar refractivity (Wildman–Crippen MR) is 84.0 cm³/mol. The van der Waals surface area contributed by atoms with E-state index in [2.05, 4.69) is 6.07 Å². The first kappa shape index (κ1) is 13.1. The van der Waals surface area contributed by atoms with E-state index in [1.54, 1.807) is 0 Å². The summed E-state index contributed by atoms with van der Waals surface area (Å²) in [6, 6.07) is 19.7. The molecule has 3 heteroatoms. The van der Waals surface area contributed by atoms with Crippen molar-refractivity contribution in [3.05, 3.63) is 72.3 Å². The molecule has 0 bridgehead atoms. The molecule has 22 heavy (non-hydrogen) atoms. The summed E-state index contributed by atoms with van der Waals surface area (Å²) in [5.41, 5.74) is -0.611. The summed E-state index contributed by atoms with van der Waals surface area (Å²) in [5, 5.41) is 5.62. The monoisotopic (exact) mass is 296 g/mol. The van der Waals surface area contributed by atoms with E-state index in [0.29, 0.717) is 5.39 Å². The second kappa shape index (κ2) is 4.47. The maximum Gasteiger partial charge on any atom is 0.416 e. The van der Waals surface area contributed by atoms with Crippen molar-refractivity contribution in [2.24, 2.45) is 0 Å². The standard InChI is InChI=1S/C19H11F3/c20-19(21,22)18-6-5-14-9-15-7-12-3-1-2-4-13(12)8-16(15)10-17(14)11-18/h1-11H. The summed E-state index contributed by atoms with van der Waals surface area (Å²) in [5.74, 6) is 0. The normalized spacial score (nSPS) is 12.3. The number of rotatable bonds is 0. The SMILES string of the molecule is FC(F)(F)c1ccc2cc3cc4ccccc4cc3cc2c1. The molecule has 0 atom stereocenters. The predicted octanol–water partition coefficient (Wildman–Crippen LogP) is 6.17. The Morgan fingerprint density at radius 3 is 1.50 bits per heavy atom. The lowest BCUT2D eigenvalue weighted by molar-refractivity contribution is -0.137. The minimum Gasteiger partial charge on any atom is -0.166 e. The second-order valence-corrected chi connectivity index (χ2v) is 5.46. The molecular weight excluding hydrogens is 285 g/mol. The Labute approximate surface area is 124 Å². The van der Waals surface area contributed by atoms with Gasteiger partial charge >= 0.3 is 6.18 Å². The maximum absolute atomic E-state index is 12.8. The lowest BCUT2D eigenvalue weighted by Crippen LogP contribution is -2.04. The molecule has 0 saturated heterocycles. The minimum absolute atomic E-state index is 0.609. The van der Waals surface area contributed by atoms with Crippen molar-refractivity contribution >= 4 is 32.3 Å². The highest BCUT2D eigenvalue weighted by atomic mass is 19.4. The molecule has 0 nitrogen and oxygen atoms in total. The van der Waals surface area contributed by atoms with Crippen LogP contribution >= 0.6 is 0 Å². The molecule has 0 aliphatic rings. The van der Waals surface area contributed by atoms with Crippen LogP contribution in [0.2, 0.25) is 0 Å². The highest BCUT2D eigenvalue weighted by molar-refractivity contribution is 6.04. The van der Waals surface area contributed by atoms with Gasteiger partial charge < -0.3 is 0 Å². The van der Waals surface area contributed by atoms with Crippen LogP contribution in [0, 0.1) is 0 Å². The summed E-state index contributed by atoms with van der Waals surface area (Å²) in [6.07, 6.45) is -4.31. The van der Waals surface area contributed by atoms with Crippen LogP contribution < -0.4 is 0 Å². The summed E-state index contributed by atoms with van der Waals surface area (Å²) < 4.78 is 38.5. The van der Waals surface area contributed by atoms with Gasteiger partial charge in [-0.25, -0.2) is 0 Å². The van der Waals surface area contributed by atoms with Crippen LogP contribution in [0.15, 0.2) is 66.7 Å². The van der Waals surface area contributed by atoms with Crippen molar-refractivity contribution < 1.29 is 13.2 Å². The Hall–Kier alpha value is -2.55. The van der Waals surface area contributed by atoms with Crippen molar-refractivity contribution in [2.75, 3.05) is 0 Å². The molecule has 4 aromatic carbocycles. The second-order valence-electron chi connectivity index (χ2n) is 5.46. The summed E-state index contributed by atoms with van der Waals surface area (Å²) in [4.78, 5) is 0. The van der Waals surface area contributed by atoms with Gasteiger partial charge in [0.15, 0.2) is 0 Å². The fourth-order valence-corrected chi connectivity index (χ4v) is 2.87. The first-order chi connectivity index (χ1) is 10.5. The van der Waals surface area contributed by atoms with Crippen LogP contribution in [-0.2, 0) is 6.18 Å². The number of alkyl halides is 3. The summed E-state index contributed by atoms with van der Waals surface area (Å²) in [7, 11) is 0. The quantitative estimate of drug-likeness (QED) is 0.341. The zero-order valence-corrected chi connectivity index (χ0v) is 11.5. The summed E-state index contributed by atoms with van der Waals surface area (Å²) >= 11 is 0. The number of hydrogen-bond acceptors (Lipinski definition) is 0. The van der Waals surface area contributed by atoms with Crippen LogP contribution in [0.1, 0.15) is 5.56 Å². The third kappa shape index (κ3) is 2.10. The molecule has 0 fully saturated rings. The van der Waals surface area contributed by atoms with E-state index in [9.17, 15) is 13.2 Å². The smallest absolute Gasteiger partial charge is 0.166 e. The van der Waals surface area contributed by atoms with Gasteiger partial charge in [-0.3, -0.25) is 0 Å². The Morgan fingerprint density at radius 1 is 0.500 bits per heavy atom. The van der Waals surface area contributed by atoms with Crippen LogP contribution in [0.5, 0.6) is 0 Å². The zero-order valence-electron chi connectivity index (χ0n) is 11.5. The van der Waals surface area contributed by atoms with Crippen molar-refractivity contribution in [1.82, 2.24) is 0 Å². The Bertz CT molecular complexity index is 1010. The van der Waals surface area contributed by atoms with Gasteiger partial charge in [0.25, 0.3) is 0 Å². The van der Waals surface area contributed by atoms with Gasteiger partial charge in [0.1, 0.15) is 0 Å². The lowest BCUT2D eigenvalue weighted by Gasteiger charge is -2.09. The maximum atomic E-state index is 12.8. The molecule has 0 unspecified atom stereocenters. The average Bonchev–Trinajstić information content (AvgIpc) is 2.49. The van der Waals surface area contributed by atoms with E-state index in [4.69, 9.17) is 0 Å². The van der Waals surface area contributed by atoms with Crippen molar-refractivity contribution in [3.63, 3.8) is 0 Å². The van der Waals surface area contributed by atoms with Crippen LogP contribution in [-0.4, -0.2) is 0 Å². The molecule has 0 N–H and O–H groups in total. The van der Waals surface area contributed by atoms with E-state index < -0.39 is 11.7 Å².